The van der Waals surface area contributed by atoms with E-state index in [0.717, 1.165) is 46.7 Å². The van der Waals surface area contributed by atoms with Gasteiger partial charge in [0.25, 0.3) is 6.04 Å². The molecule has 0 aliphatic carbocycles. The zero-order valence-electron chi connectivity index (χ0n) is 21.1. The molecule has 37 heavy (non-hydrogen) atoms. The largest absolute Gasteiger partial charge is 0.348 e. The van der Waals surface area contributed by atoms with Gasteiger partial charge in [-0.05, 0) is 61.4 Å². The van der Waals surface area contributed by atoms with E-state index in [2.05, 4.69) is 23.6 Å². The minimum atomic E-state index is -1.00. The summed E-state index contributed by atoms with van der Waals surface area (Å²) in [6, 6.07) is 20.6. The van der Waals surface area contributed by atoms with E-state index in [-0.39, 0.29) is 11.6 Å². The highest BCUT2D eigenvalue weighted by molar-refractivity contribution is 6.17. The Bertz CT molecular complexity index is 1360. The minimum absolute atomic E-state index is 0.263. The Kier molecular flexibility index (Phi) is 6.95. The molecule has 0 saturated heterocycles. The molecule has 0 N–H and O–H groups in total. The molecule has 0 fully saturated rings. The van der Waals surface area contributed by atoms with E-state index in [0.29, 0.717) is 0 Å². The molecule has 2 aliphatic heterocycles. The number of hydrogen-bond donors (Lipinski definition) is 0. The van der Waals surface area contributed by atoms with E-state index < -0.39 is 6.04 Å². The van der Waals surface area contributed by atoms with Crippen molar-refractivity contribution in [2.24, 2.45) is 0 Å². The van der Waals surface area contributed by atoms with Crippen molar-refractivity contribution in [1.82, 2.24) is 0 Å². The predicted molar refractivity (Wildman–Crippen MR) is 149 cm³/mol. The Hall–Kier alpha value is -4.51. The maximum Gasteiger partial charge on any atom is 0.281 e. The van der Waals surface area contributed by atoms with Gasteiger partial charge in [0.2, 0.25) is 11.6 Å². The van der Waals surface area contributed by atoms with Crippen LogP contribution in [0.15, 0.2) is 116 Å². The van der Waals surface area contributed by atoms with E-state index in [1.807, 2.05) is 91.3 Å². The number of fused-ring (bicyclic) bond motifs is 2. The summed E-state index contributed by atoms with van der Waals surface area (Å²) in [5, 5.41) is 0. The van der Waals surface area contributed by atoms with Crippen LogP contribution >= 0.6 is 0 Å². The molecule has 1 unspecified atom stereocenters. The molecular formula is C32H30N3O2+. The van der Waals surface area contributed by atoms with Crippen LogP contribution in [0.1, 0.15) is 31.0 Å². The van der Waals surface area contributed by atoms with Crippen molar-refractivity contribution in [3.05, 3.63) is 127 Å². The minimum Gasteiger partial charge on any atom is -0.348 e. The van der Waals surface area contributed by atoms with Gasteiger partial charge in [-0.25, -0.2) is 0 Å². The van der Waals surface area contributed by atoms with Crippen molar-refractivity contribution >= 4 is 34.1 Å². The second-order valence-electron chi connectivity index (χ2n) is 8.97. The van der Waals surface area contributed by atoms with Gasteiger partial charge in [0.15, 0.2) is 12.4 Å². The second-order valence-corrected chi connectivity index (χ2v) is 8.97. The summed E-state index contributed by atoms with van der Waals surface area (Å²) in [4.78, 5) is 31.8. The van der Waals surface area contributed by atoms with Gasteiger partial charge in [0, 0.05) is 60.1 Å². The smallest absolute Gasteiger partial charge is 0.281 e. The van der Waals surface area contributed by atoms with E-state index in [4.69, 9.17) is 0 Å². The topological polar surface area (TPSA) is 44.5 Å². The van der Waals surface area contributed by atoms with Gasteiger partial charge in [-0.2, -0.15) is 4.57 Å². The van der Waals surface area contributed by atoms with Crippen LogP contribution in [0.5, 0.6) is 0 Å². The third-order valence-corrected chi connectivity index (χ3v) is 6.77. The SMILES string of the molecule is CCN1C=C/C(=C/C(=O)C(C(=O)/C=C2\C=CN(CC)c3ccccc32)[n+]2ccccc2)c2ccccc21. The van der Waals surface area contributed by atoms with Crippen LogP contribution in [-0.4, -0.2) is 24.7 Å². The summed E-state index contributed by atoms with van der Waals surface area (Å²) in [5.41, 5.74) is 5.66. The molecule has 184 valence electrons. The average molecular weight is 489 g/mol. The van der Waals surface area contributed by atoms with Crippen LogP contribution in [0.2, 0.25) is 0 Å². The lowest BCUT2D eigenvalue weighted by Gasteiger charge is -2.26. The van der Waals surface area contributed by atoms with Crippen LogP contribution in [0.4, 0.5) is 11.4 Å². The molecule has 2 aromatic carbocycles. The number of anilines is 2. The Labute approximate surface area is 218 Å². The van der Waals surface area contributed by atoms with Crippen LogP contribution < -0.4 is 14.4 Å². The van der Waals surface area contributed by atoms with Gasteiger partial charge < -0.3 is 9.80 Å². The number of aromatic nitrogens is 1. The number of hydrogen-bond acceptors (Lipinski definition) is 4. The van der Waals surface area contributed by atoms with E-state index in [1.54, 1.807) is 29.1 Å². The van der Waals surface area contributed by atoms with Gasteiger partial charge in [-0.15, -0.1) is 0 Å². The van der Waals surface area contributed by atoms with Crippen LogP contribution in [-0.2, 0) is 9.59 Å². The molecule has 2 aliphatic rings. The Morgan fingerprint density at radius 3 is 1.62 bits per heavy atom. The second kappa shape index (κ2) is 10.6. The first-order valence-corrected chi connectivity index (χ1v) is 12.7. The average Bonchev–Trinajstić information content (AvgIpc) is 2.94. The van der Waals surface area contributed by atoms with E-state index >= 15 is 0 Å². The number of pyridine rings is 1. The van der Waals surface area contributed by atoms with Crippen molar-refractivity contribution < 1.29 is 14.2 Å². The van der Waals surface area contributed by atoms with Gasteiger partial charge >= 0.3 is 0 Å². The molecule has 0 spiro atoms. The fraction of sp³-hybridized carbons (Fsp3) is 0.156. The zero-order valence-corrected chi connectivity index (χ0v) is 21.1. The zero-order chi connectivity index (χ0) is 25.8. The highest BCUT2D eigenvalue weighted by atomic mass is 16.2. The van der Waals surface area contributed by atoms with Crippen molar-refractivity contribution in [2.75, 3.05) is 22.9 Å². The summed E-state index contributed by atoms with van der Waals surface area (Å²) >= 11 is 0. The van der Waals surface area contributed by atoms with Gasteiger partial charge in [0.05, 0.1) is 0 Å². The predicted octanol–water partition coefficient (Wildman–Crippen LogP) is 5.53. The number of ketones is 2. The Balaban J connectivity index is 1.54. The van der Waals surface area contributed by atoms with Crippen LogP contribution in [0.25, 0.3) is 11.1 Å². The number of carbonyl (C=O) groups is 2. The van der Waals surface area contributed by atoms with Crippen molar-refractivity contribution in [3.8, 4) is 0 Å². The summed E-state index contributed by atoms with van der Waals surface area (Å²) in [6.07, 6.45) is 14.6. The van der Waals surface area contributed by atoms with Gasteiger partial charge in [-0.3, -0.25) is 9.59 Å². The number of allylic oxidation sites excluding steroid dienone is 6. The number of nitrogens with zero attached hydrogens (tertiary/aromatic N) is 3. The lowest BCUT2D eigenvalue weighted by molar-refractivity contribution is -0.695. The molecular weight excluding hydrogens is 458 g/mol. The van der Waals surface area contributed by atoms with Crippen molar-refractivity contribution in [2.45, 2.75) is 19.9 Å². The summed E-state index contributed by atoms with van der Waals surface area (Å²) in [5.74, 6) is -0.526. The first-order chi connectivity index (χ1) is 18.1. The number of benzene rings is 2. The normalized spacial score (nSPS) is 17.0. The molecule has 0 radical (unpaired) electrons. The molecule has 5 rings (SSSR count). The van der Waals surface area contributed by atoms with Crippen LogP contribution in [0.3, 0.4) is 0 Å². The molecule has 5 nitrogen and oxygen atoms in total. The number of para-hydroxylation sites is 2. The highest BCUT2D eigenvalue weighted by Crippen LogP contribution is 2.34. The van der Waals surface area contributed by atoms with Gasteiger partial charge in [-0.1, -0.05) is 42.5 Å². The summed E-state index contributed by atoms with van der Waals surface area (Å²) in [6.45, 7) is 5.83. The third-order valence-electron chi connectivity index (χ3n) is 6.77. The first-order valence-electron chi connectivity index (χ1n) is 12.7. The third kappa shape index (κ3) is 4.81. The fourth-order valence-electron chi connectivity index (χ4n) is 4.90. The maximum atomic E-state index is 13.8. The number of rotatable bonds is 7. The highest BCUT2D eigenvalue weighted by Gasteiger charge is 2.33. The Morgan fingerprint density at radius 2 is 1.16 bits per heavy atom. The fourth-order valence-corrected chi connectivity index (χ4v) is 4.90. The van der Waals surface area contributed by atoms with E-state index in [9.17, 15) is 9.59 Å². The molecule has 0 amide bonds. The Morgan fingerprint density at radius 1 is 0.703 bits per heavy atom. The molecule has 1 aromatic heterocycles. The summed E-state index contributed by atoms with van der Waals surface area (Å²) in [7, 11) is 0. The molecule has 3 aromatic rings. The first kappa shape index (κ1) is 24.2. The molecule has 0 saturated carbocycles. The molecule has 1 atom stereocenters. The quantitative estimate of drug-likeness (QED) is 0.249. The van der Waals surface area contributed by atoms with Gasteiger partial charge in [0.1, 0.15) is 0 Å². The summed E-state index contributed by atoms with van der Waals surface area (Å²) < 4.78 is 1.69. The van der Waals surface area contributed by atoms with Crippen molar-refractivity contribution in [3.63, 3.8) is 0 Å². The standard InChI is InChI=1S/C32H30N3O2/c1-3-33-20-16-24(26-12-6-8-14-28(26)33)22-30(36)32(35-18-10-5-11-19-35)31(37)23-25-17-21-34(4-2)29-15-9-7-13-27(25)29/h5-23,32H,3-4H2,1-2H3/q+1/b24-22-,25-23+. The maximum absolute atomic E-state index is 13.8. The number of carbonyl (C=O) groups excluding carboxylic acids is 2. The lowest BCUT2D eigenvalue weighted by Crippen LogP contribution is -2.47. The molecule has 0 bridgehead atoms. The lowest BCUT2D eigenvalue weighted by atomic mass is 9.94. The molecule has 5 heteroatoms. The van der Waals surface area contributed by atoms with E-state index in [1.165, 1.54) is 0 Å². The van der Waals surface area contributed by atoms with Crippen LogP contribution in [0, 0.1) is 0 Å². The monoisotopic (exact) mass is 488 g/mol. The molecule has 3 heterocycles. The van der Waals surface area contributed by atoms with Crippen molar-refractivity contribution in [1.29, 1.82) is 0 Å².